The number of nitrogens with one attached hydrogen (secondary N) is 4. The maximum Gasteiger partial charge on any atom is 0.333 e. The van der Waals surface area contributed by atoms with Gasteiger partial charge in [-0.25, -0.2) is 39.6 Å². The zero-order valence-corrected chi connectivity index (χ0v) is 78.5. The number of benzene rings is 6. The van der Waals surface area contributed by atoms with E-state index < -0.39 is 78.1 Å². The molecule has 5 aliphatic rings. The van der Waals surface area contributed by atoms with Gasteiger partial charge >= 0.3 is 11.9 Å². The van der Waals surface area contributed by atoms with Crippen molar-refractivity contribution in [3.63, 3.8) is 0 Å². The van der Waals surface area contributed by atoms with Crippen molar-refractivity contribution in [3.05, 3.63) is 189 Å². The summed E-state index contributed by atoms with van der Waals surface area (Å²) < 4.78 is 113. The molecule has 2 fully saturated rings. The maximum atomic E-state index is 13.0. The van der Waals surface area contributed by atoms with Crippen LogP contribution in [0.15, 0.2) is 124 Å². The van der Waals surface area contributed by atoms with Crippen LogP contribution in [-0.4, -0.2) is 239 Å². The van der Waals surface area contributed by atoms with Gasteiger partial charge in [-0.05, 0) is 138 Å². The minimum absolute atomic E-state index is 0. The molecule has 0 radical (unpaired) electrons. The Hall–Kier alpha value is -6.59. The summed E-state index contributed by atoms with van der Waals surface area (Å²) in [5.41, 5.74) is 14.8. The van der Waals surface area contributed by atoms with Crippen LogP contribution in [0.25, 0.3) is 0 Å². The summed E-state index contributed by atoms with van der Waals surface area (Å²) in [6, 6.07) is 32.3. The number of likely N-dealkylation sites (N-methyl/N-ethyl adjacent to an activating group) is 3. The lowest BCUT2D eigenvalue weighted by Crippen LogP contribution is -3.09. The van der Waals surface area contributed by atoms with E-state index in [4.69, 9.17) is 104 Å². The standard InChI is InChI=1S/C50H62Cl4N4O10S2.C23H30Cl2N2O4S.C12H12N2O8.CH4.2ClH/c1-57-31-44(42-27-37(51)29-48(53)46(42)33-57)35-6-11-40(12-7-35)69(61,62)26-4-19-66-23-24-67-20-16-55-50(60)15-10-39(59)5-3-18-65-22-25-68-21-17-56-70(63,64)41-13-8-36(9-14-41)45-32-58(2)34-47-43(45)28-38(52)30-49(47)54;1-27-15-21(20-13-18(24)14-23(25)22(20)16-27)17-3-5-19(6-4-17)32(28,29)12-2-8-30-10-11-31-9-7-26;15-7-1-2-8(16)13(7)21-11(19)5-6-12(20)22-14-9(17)3-4-10(14)18;;;/h6-9,11-14,27-30,44-45,56H,3-5,10,15-26,31-34H2,1-2H3,(H,55,60);3-6,13-14,21H,2,7-12,15-16,26H2,1H3;1-6H2;1H4;2*1H/t44-,45-;21-;;;;/m00..../s1. The normalized spacial score (nSPS) is 17.3. The molecular formula is C86H110Cl8N8O22S3. The average molecular weight is 1990 g/mol. The number of nitrogens with two attached hydrogens (primary N) is 1. The number of ether oxygens (including phenoxy) is 6. The first-order chi connectivity index (χ1) is 59.2. The fourth-order valence-corrected chi connectivity index (χ4v) is 19.9. The van der Waals surface area contributed by atoms with Crippen molar-refractivity contribution in [2.24, 2.45) is 5.73 Å². The molecule has 11 rings (SSSR count). The van der Waals surface area contributed by atoms with Crippen LogP contribution in [0, 0.1) is 0 Å². The third-order valence-electron chi connectivity index (χ3n) is 20.8. The molecular weight excluding hydrogens is 1880 g/mol. The number of carbonyl (C=O) groups excluding carboxylic acids is 8. The number of sulfonamides is 1. The number of quaternary nitrogens is 2. The minimum Gasteiger partial charge on any atom is -1.00 e. The fourth-order valence-electron chi connectivity index (χ4n) is 14.6. The first-order valence-electron chi connectivity index (χ1n) is 40.8. The van der Waals surface area contributed by atoms with Crippen LogP contribution in [0.3, 0.4) is 0 Å². The van der Waals surface area contributed by atoms with Crippen molar-refractivity contribution in [1.29, 1.82) is 0 Å². The van der Waals surface area contributed by atoms with Crippen LogP contribution < -0.4 is 50.4 Å². The smallest absolute Gasteiger partial charge is 0.333 e. The van der Waals surface area contributed by atoms with Gasteiger partial charge in [0, 0.05) is 135 Å². The molecule has 2 saturated heterocycles. The van der Waals surface area contributed by atoms with E-state index >= 15 is 0 Å². The highest BCUT2D eigenvalue weighted by atomic mass is 35.5. The van der Waals surface area contributed by atoms with Crippen LogP contribution in [0.2, 0.25) is 30.1 Å². The number of nitrogens with zero attached hydrogens (tertiary/aromatic N) is 3. The van der Waals surface area contributed by atoms with Crippen molar-refractivity contribution in [3.8, 4) is 0 Å². The Kier molecular flexibility index (Phi) is 46.2. The molecule has 5 amide bonds. The number of carbonyl (C=O) groups is 8. The number of ketones is 1. The van der Waals surface area contributed by atoms with E-state index in [0.29, 0.717) is 111 Å². The molecule has 0 aromatic heterocycles. The summed E-state index contributed by atoms with van der Waals surface area (Å²) >= 11 is 38.4. The summed E-state index contributed by atoms with van der Waals surface area (Å²) in [7, 11) is -4.34. The van der Waals surface area contributed by atoms with Gasteiger partial charge in [-0.3, -0.25) is 28.8 Å². The summed E-state index contributed by atoms with van der Waals surface area (Å²) in [6.45, 7) is 9.64. The number of imide groups is 2. The molecule has 6 aromatic rings. The maximum absolute atomic E-state index is 13.0. The average Bonchev–Trinajstić information content (AvgIpc) is 1.39. The predicted molar refractivity (Wildman–Crippen MR) is 471 cm³/mol. The van der Waals surface area contributed by atoms with Crippen molar-refractivity contribution in [2.45, 2.75) is 137 Å². The molecule has 0 spiro atoms. The zero-order valence-electron chi connectivity index (χ0n) is 70.0. The van der Waals surface area contributed by atoms with Gasteiger partial charge in [0.15, 0.2) is 19.7 Å². The van der Waals surface area contributed by atoms with Gasteiger partial charge in [-0.1, -0.05) is 113 Å². The van der Waals surface area contributed by atoms with E-state index in [1.807, 2.05) is 61.6 Å². The fraction of sp³-hybridized carbons (Fsp3) is 0.488. The molecule has 30 nitrogen and oxygen atoms in total. The molecule has 5 aliphatic heterocycles. The van der Waals surface area contributed by atoms with Crippen LogP contribution in [0.1, 0.15) is 152 Å². The van der Waals surface area contributed by atoms with Gasteiger partial charge in [0.2, 0.25) is 15.9 Å². The van der Waals surface area contributed by atoms with Crippen LogP contribution in [0.4, 0.5) is 0 Å². The van der Waals surface area contributed by atoms with Crippen molar-refractivity contribution < 1.29 is 136 Å². The van der Waals surface area contributed by atoms with Gasteiger partial charge in [0.05, 0.1) is 148 Å². The molecule has 6 aromatic carbocycles. The monoisotopic (exact) mass is 1980 g/mol. The Labute approximate surface area is 784 Å². The number of rotatable bonds is 44. The Morgan fingerprint density at radius 2 is 0.811 bits per heavy atom. The number of hydrogen-bond donors (Lipinski definition) is 5. The third kappa shape index (κ3) is 33.9. The van der Waals surface area contributed by atoms with E-state index in [9.17, 15) is 63.6 Å². The first-order valence-corrected chi connectivity index (χ1v) is 47.8. The Balaban J connectivity index is 0.000000357. The molecule has 0 bridgehead atoms. The summed E-state index contributed by atoms with van der Waals surface area (Å²) in [4.78, 5) is 107. The van der Waals surface area contributed by atoms with Crippen molar-refractivity contribution in [1.82, 2.24) is 25.1 Å². The Morgan fingerprint density at radius 3 is 1.23 bits per heavy atom. The Bertz CT molecular complexity index is 4790. The summed E-state index contributed by atoms with van der Waals surface area (Å²) in [5.74, 6) is -4.58. The van der Waals surface area contributed by atoms with Gasteiger partial charge in [0.1, 0.15) is 18.9 Å². The first kappa shape index (κ1) is 109. The second kappa shape index (κ2) is 53.8. The highest BCUT2D eigenvalue weighted by molar-refractivity contribution is 7.91. The summed E-state index contributed by atoms with van der Waals surface area (Å²) in [6.07, 6.45) is 0.696. The lowest BCUT2D eigenvalue weighted by Gasteiger charge is -2.33. The largest absolute Gasteiger partial charge is 1.00 e. The highest BCUT2D eigenvalue weighted by Gasteiger charge is 2.37. The highest BCUT2D eigenvalue weighted by Crippen LogP contribution is 2.41. The Morgan fingerprint density at radius 1 is 0.449 bits per heavy atom. The van der Waals surface area contributed by atoms with E-state index in [0.717, 1.165) is 89.3 Å². The molecule has 0 aliphatic carbocycles. The van der Waals surface area contributed by atoms with Crippen LogP contribution in [0.5, 0.6) is 0 Å². The number of hydroxylamine groups is 4. The van der Waals surface area contributed by atoms with E-state index in [1.54, 1.807) is 54.6 Å². The minimum atomic E-state index is -3.74. The topological polar surface area (TPSA) is 381 Å². The molecule has 2 unspecified atom stereocenters. The molecule has 5 heterocycles. The molecule has 0 saturated carbocycles. The number of Topliss-reactive ketones (excluding diaryl/α,β-unsaturated/α-hetero) is 1. The number of sulfone groups is 2. The molecule has 41 heteroatoms. The number of hydrogen-bond acceptors (Lipinski definition) is 24. The quantitative estimate of drug-likeness (QED) is 0.0271. The van der Waals surface area contributed by atoms with Gasteiger partial charge < -0.3 is 88.7 Å². The number of amides is 5. The molecule has 6 N–H and O–H groups in total. The number of halogens is 8. The van der Waals surface area contributed by atoms with Crippen molar-refractivity contribution >= 4 is 147 Å². The van der Waals surface area contributed by atoms with E-state index in [2.05, 4.69) is 38.7 Å². The van der Waals surface area contributed by atoms with Gasteiger partial charge in [0.25, 0.3) is 23.6 Å². The van der Waals surface area contributed by atoms with Crippen LogP contribution >= 0.6 is 69.6 Å². The zero-order chi connectivity index (χ0) is 89.7. The lowest BCUT2D eigenvalue weighted by atomic mass is 9.85. The van der Waals surface area contributed by atoms with Gasteiger partial charge in [-0.15, -0.1) is 10.1 Å². The number of fused-ring (bicyclic) bond motifs is 3. The summed E-state index contributed by atoms with van der Waals surface area (Å²) in [5, 5.41) is 7.19. The lowest BCUT2D eigenvalue weighted by molar-refractivity contribution is -0.897. The van der Waals surface area contributed by atoms with Crippen LogP contribution in [-0.2, 0) is 126 Å². The van der Waals surface area contributed by atoms with E-state index in [1.165, 1.54) is 9.80 Å². The molecule has 127 heavy (non-hydrogen) atoms. The van der Waals surface area contributed by atoms with Gasteiger partial charge in [-0.2, -0.15) is 0 Å². The predicted octanol–water partition coefficient (Wildman–Crippen LogP) is 2.43. The second-order valence-electron chi connectivity index (χ2n) is 30.4. The third-order valence-corrected chi connectivity index (χ3v) is 27.5. The SMILES string of the molecule is C.CN1Cc2c(Cl)cc(Cl)cc2[C@H](c2ccc(S(=O)(=O)CCCOCCOCCN)cc2)C1.C[NH+]1Cc2c(Cl)cc(Cl)cc2[C@H](c2ccc(S(=O)(=O)CCCOCCOCCNC(=O)CCC(=O)CCCOCCOCCNS(=O)(=O)c3ccc([C@@H]4C[NH+](C)Cc5c(Cl)cc(Cl)cc54)cc3)cc2)C1.O=C(CCC(=O)ON1C(=O)CCC1=O)ON1C(=O)CCC1=O.[Cl-].[Cl-]. The molecule has 700 valence electrons. The van der Waals surface area contributed by atoms with Crippen molar-refractivity contribution in [2.75, 3.05) is 151 Å². The van der Waals surface area contributed by atoms with E-state index in [-0.39, 0.29) is 181 Å². The molecule has 5 atom stereocenters. The second-order valence-corrected chi connectivity index (χ2v) is 38.9.